The number of nitrogens with two attached hydrogens (primary N) is 1. The quantitative estimate of drug-likeness (QED) is 0.708. The van der Waals surface area contributed by atoms with E-state index in [9.17, 15) is 4.21 Å². The maximum Gasteiger partial charge on any atom is 0.0348 e. The third-order valence-electron chi connectivity index (χ3n) is 2.72. The van der Waals surface area contributed by atoms with E-state index in [1.165, 1.54) is 38.5 Å². The van der Waals surface area contributed by atoms with Crippen LogP contribution in [0.2, 0.25) is 0 Å². The number of hydrogen-bond donors (Lipinski definition) is 1. The molecule has 0 aromatic rings. The van der Waals surface area contributed by atoms with Gasteiger partial charge in [0.05, 0.1) is 0 Å². The molecule has 0 radical (unpaired) electrons. The van der Waals surface area contributed by atoms with Crippen LogP contribution in [0.1, 0.15) is 44.9 Å². The van der Waals surface area contributed by atoms with Gasteiger partial charge in [0.15, 0.2) is 0 Å². The standard InChI is InChI=1S/C10H21NOS/c11-8-5-9-13(12)10-6-3-1-2-4-7-10/h10H,1-9,11H2. The Morgan fingerprint density at radius 2 is 1.77 bits per heavy atom. The van der Waals surface area contributed by atoms with Crippen molar-refractivity contribution in [1.82, 2.24) is 0 Å². The highest BCUT2D eigenvalue weighted by Gasteiger charge is 2.17. The fourth-order valence-electron chi connectivity index (χ4n) is 1.90. The molecule has 0 saturated heterocycles. The maximum atomic E-state index is 11.8. The third kappa shape index (κ3) is 4.23. The topological polar surface area (TPSA) is 43.1 Å². The zero-order valence-corrected chi connectivity index (χ0v) is 9.15. The summed E-state index contributed by atoms with van der Waals surface area (Å²) in [6, 6.07) is 0. The van der Waals surface area contributed by atoms with Crippen LogP contribution < -0.4 is 5.73 Å². The predicted molar refractivity (Wildman–Crippen MR) is 58.2 cm³/mol. The summed E-state index contributed by atoms with van der Waals surface area (Å²) in [6.07, 6.45) is 8.50. The van der Waals surface area contributed by atoms with Gasteiger partial charge in [-0.25, -0.2) is 0 Å². The molecule has 0 heterocycles. The van der Waals surface area contributed by atoms with Gasteiger partial charge in [-0.1, -0.05) is 25.7 Å². The molecule has 1 unspecified atom stereocenters. The zero-order chi connectivity index (χ0) is 9.52. The average Bonchev–Trinajstić information content (AvgIpc) is 2.42. The summed E-state index contributed by atoms with van der Waals surface area (Å²) in [4.78, 5) is 0. The van der Waals surface area contributed by atoms with Crippen molar-refractivity contribution in [1.29, 1.82) is 0 Å². The van der Waals surface area contributed by atoms with Crippen molar-refractivity contribution in [3.05, 3.63) is 0 Å². The van der Waals surface area contributed by atoms with Gasteiger partial charge in [-0.05, 0) is 25.8 Å². The highest BCUT2D eigenvalue weighted by Crippen LogP contribution is 2.21. The van der Waals surface area contributed by atoms with Crippen molar-refractivity contribution in [2.75, 3.05) is 12.3 Å². The van der Waals surface area contributed by atoms with E-state index in [0.717, 1.165) is 12.2 Å². The first-order valence-corrected chi connectivity index (χ1v) is 6.80. The first-order chi connectivity index (χ1) is 6.34. The second-order valence-corrected chi connectivity index (χ2v) is 5.68. The van der Waals surface area contributed by atoms with Crippen molar-refractivity contribution < 1.29 is 4.21 Å². The fourth-order valence-corrected chi connectivity index (χ4v) is 3.54. The second-order valence-electron chi connectivity index (χ2n) is 3.84. The van der Waals surface area contributed by atoms with Crippen molar-refractivity contribution >= 4 is 10.8 Å². The molecule has 2 nitrogen and oxygen atoms in total. The average molecular weight is 203 g/mol. The molecule has 0 amide bonds. The summed E-state index contributed by atoms with van der Waals surface area (Å²) in [5.41, 5.74) is 5.40. The predicted octanol–water partition coefficient (Wildman–Crippen LogP) is 1.81. The summed E-state index contributed by atoms with van der Waals surface area (Å²) >= 11 is 0. The normalized spacial score (nSPS) is 22.5. The van der Waals surface area contributed by atoms with Crippen molar-refractivity contribution in [3.63, 3.8) is 0 Å². The second kappa shape index (κ2) is 6.55. The zero-order valence-electron chi connectivity index (χ0n) is 8.34. The first kappa shape index (κ1) is 11.2. The summed E-state index contributed by atoms with van der Waals surface area (Å²) in [5.74, 6) is 0.821. The van der Waals surface area contributed by atoms with Crippen LogP contribution >= 0.6 is 0 Å². The Morgan fingerprint density at radius 3 is 2.31 bits per heavy atom. The largest absolute Gasteiger partial charge is 0.330 e. The molecule has 0 aliphatic heterocycles. The van der Waals surface area contributed by atoms with Crippen LogP contribution in [-0.4, -0.2) is 21.8 Å². The lowest BCUT2D eigenvalue weighted by Gasteiger charge is -2.12. The van der Waals surface area contributed by atoms with E-state index >= 15 is 0 Å². The van der Waals surface area contributed by atoms with E-state index in [0.29, 0.717) is 11.8 Å². The van der Waals surface area contributed by atoms with Gasteiger partial charge in [0, 0.05) is 21.8 Å². The molecule has 1 aliphatic rings. The Kier molecular flexibility index (Phi) is 5.63. The molecule has 1 rings (SSSR count). The SMILES string of the molecule is NCCCS(=O)C1CCCCCC1. The molecule has 1 atom stereocenters. The summed E-state index contributed by atoms with van der Waals surface area (Å²) in [7, 11) is -0.597. The molecule has 1 aliphatic carbocycles. The monoisotopic (exact) mass is 203 g/mol. The van der Waals surface area contributed by atoms with Crippen LogP contribution in [0.3, 0.4) is 0 Å². The van der Waals surface area contributed by atoms with E-state index in [-0.39, 0.29) is 0 Å². The van der Waals surface area contributed by atoms with E-state index in [1.807, 2.05) is 0 Å². The van der Waals surface area contributed by atoms with Gasteiger partial charge in [-0.2, -0.15) is 0 Å². The lowest BCUT2D eigenvalue weighted by molar-refractivity contribution is 0.640. The van der Waals surface area contributed by atoms with Gasteiger partial charge >= 0.3 is 0 Å². The third-order valence-corrected chi connectivity index (χ3v) is 4.63. The maximum absolute atomic E-state index is 11.8. The van der Waals surface area contributed by atoms with Crippen molar-refractivity contribution in [3.8, 4) is 0 Å². The van der Waals surface area contributed by atoms with Gasteiger partial charge in [0.2, 0.25) is 0 Å². The van der Waals surface area contributed by atoms with Crippen LogP contribution in [0.4, 0.5) is 0 Å². The Balaban J connectivity index is 2.26. The van der Waals surface area contributed by atoms with Crippen molar-refractivity contribution in [2.24, 2.45) is 5.73 Å². The minimum atomic E-state index is -0.597. The molecular formula is C10H21NOS. The molecule has 0 spiro atoms. The van der Waals surface area contributed by atoms with E-state index in [1.54, 1.807) is 0 Å². The molecule has 1 fully saturated rings. The summed E-state index contributed by atoms with van der Waals surface area (Å²) < 4.78 is 11.8. The molecule has 1 saturated carbocycles. The van der Waals surface area contributed by atoms with Gasteiger partial charge in [-0.3, -0.25) is 4.21 Å². The van der Waals surface area contributed by atoms with Crippen LogP contribution in [-0.2, 0) is 10.8 Å². The molecule has 13 heavy (non-hydrogen) atoms. The first-order valence-electron chi connectivity index (χ1n) is 5.42. The Hall–Kier alpha value is 0.110. The minimum absolute atomic E-state index is 0.481. The number of rotatable bonds is 4. The smallest absolute Gasteiger partial charge is 0.0348 e. The van der Waals surface area contributed by atoms with Gasteiger partial charge in [-0.15, -0.1) is 0 Å². The van der Waals surface area contributed by atoms with Gasteiger partial charge in [0.1, 0.15) is 0 Å². The molecule has 0 aromatic carbocycles. The lowest BCUT2D eigenvalue weighted by Crippen LogP contribution is -2.18. The lowest BCUT2D eigenvalue weighted by atomic mass is 10.2. The molecule has 78 valence electrons. The molecule has 3 heteroatoms. The van der Waals surface area contributed by atoms with E-state index in [2.05, 4.69) is 0 Å². The molecule has 0 bridgehead atoms. The Bertz CT molecular complexity index is 153. The Morgan fingerprint density at radius 1 is 1.15 bits per heavy atom. The van der Waals surface area contributed by atoms with Gasteiger partial charge < -0.3 is 5.73 Å². The molecular weight excluding hydrogens is 182 g/mol. The van der Waals surface area contributed by atoms with Crippen LogP contribution in [0.25, 0.3) is 0 Å². The van der Waals surface area contributed by atoms with Crippen molar-refractivity contribution in [2.45, 2.75) is 50.2 Å². The van der Waals surface area contributed by atoms with Crippen LogP contribution in [0, 0.1) is 0 Å². The van der Waals surface area contributed by atoms with E-state index in [4.69, 9.17) is 5.73 Å². The van der Waals surface area contributed by atoms with E-state index < -0.39 is 10.8 Å². The minimum Gasteiger partial charge on any atom is -0.330 e. The van der Waals surface area contributed by atoms with Crippen LogP contribution in [0.5, 0.6) is 0 Å². The van der Waals surface area contributed by atoms with Gasteiger partial charge in [0.25, 0.3) is 0 Å². The summed E-state index contributed by atoms with van der Waals surface area (Å²) in [6.45, 7) is 0.679. The molecule has 2 N–H and O–H groups in total. The summed E-state index contributed by atoms with van der Waals surface area (Å²) in [5, 5.41) is 0.481. The molecule has 0 aromatic heterocycles. The van der Waals surface area contributed by atoms with Crippen LogP contribution in [0.15, 0.2) is 0 Å². The number of hydrogen-bond acceptors (Lipinski definition) is 2. The highest BCUT2D eigenvalue weighted by atomic mass is 32.2. The highest BCUT2D eigenvalue weighted by molar-refractivity contribution is 7.85. The Labute approximate surface area is 83.7 Å². The fraction of sp³-hybridized carbons (Fsp3) is 1.00.